The van der Waals surface area contributed by atoms with Crippen molar-refractivity contribution in [3.63, 3.8) is 0 Å². The van der Waals surface area contributed by atoms with E-state index in [0.29, 0.717) is 15.0 Å². The van der Waals surface area contributed by atoms with Crippen molar-refractivity contribution in [3.8, 4) is 10.6 Å². The molecule has 2 aromatic heterocycles. The van der Waals surface area contributed by atoms with Gasteiger partial charge in [-0.1, -0.05) is 6.07 Å². The van der Waals surface area contributed by atoms with Crippen LogP contribution in [0.1, 0.15) is 13.8 Å². The summed E-state index contributed by atoms with van der Waals surface area (Å²) in [5, 5.41) is 5.59. The van der Waals surface area contributed by atoms with E-state index >= 15 is 0 Å². The summed E-state index contributed by atoms with van der Waals surface area (Å²) >= 11 is 4.38. The monoisotopic (exact) mass is 567 g/mol. The van der Waals surface area contributed by atoms with Crippen LogP contribution in [0, 0.1) is 5.82 Å². The molecule has 0 radical (unpaired) electrons. The second-order valence-electron chi connectivity index (χ2n) is 7.91. The van der Waals surface area contributed by atoms with Crippen LogP contribution in [0.2, 0.25) is 0 Å². The van der Waals surface area contributed by atoms with Gasteiger partial charge in [0.05, 0.1) is 14.2 Å². The topological polar surface area (TPSA) is 121 Å². The summed E-state index contributed by atoms with van der Waals surface area (Å²) in [4.78, 5) is 34.4. The van der Waals surface area contributed by atoms with Gasteiger partial charge in [-0.3, -0.25) is 9.69 Å². The summed E-state index contributed by atoms with van der Waals surface area (Å²) in [5.74, 6) is -0.710. The standard InChI is InChI=1S/C21H19BrFN5O4S2/c1-21(2)18(29)28(20(30)27-21)9-8-24-19-25-11-14(22)17(26-19)15-6-7-16(33-15)34(31,32)13-5-3-4-12(23)10-13/h3-7,10-11H,8-9H2,1-2H3,(H,27,30)(H,24,25,26). The molecule has 0 saturated carbocycles. The molecule has 0 bridgehead atoms. The van der Waals surface area contributed by atoms with Crippen LogP contribution < -0.4 is 10.6 Å². The van der Waals surface area contributed by atoms with Crippen LogP contribution in [0.3, 0.4) is 0 Å². The van der Waals surface area contributed by atoms with Crippen molar-refractivity contribution < 1.29 is 22.4 Å². The number of hydrogen-bond donors (Lipinski definition) is 2. The minimum absolute atomic E-state index is 0.0503. The van der Waals surface area contributed by atoms with E-state index in [0.717, 1.165) is 22.3 Å². The maximum atomic E-state index is 13.5. The SMILES string of the molecule is CC1(C)NC(=O)N(CCNc2ncc(Br)c(-c3ccc(S(=O)(=O)c4cccc(F)c4)s3)n2)C1=O. The first-order valence-electron chi connectivity index (χ1n) is 10.0. The van der Waals surface area contributed by atoms with Crippen LogP contribution in [-0.4, -0.2) is 53.9 Å². The van der Waals surface area contributed by atoms with Crippen molar-refractivity contribution >= 4 is 55.0 Å². The molecular weight excluding hydrogens is 549 g/mol. The number of nitrogens with one attached hydrogen (secondary N) is 2. The van der Waals surface area contributed by atoms with Crippen LogP contribution in [0.25, 0.3) is 10.6 Å². The zero-order valence-corrected chi connectivity index (χ0v) is 21.2. The van der Waals surface area contributed by atoms with Gasteiger partial charge in [0, 0.05) is 19.3 Å². The van der Waals surface area contributed by atoms with Crippen LogP contribution in [0.5, 0.6) is 0 Å². The first kappa shape index (κ1) is 24.2. The molecule has 1 saturated heterocycles. The average Bonchev–Trinajstić information content (AvgIpc) is 3.34. The highest BCUT2D eigenvalue weighted by Gasteiger charge is 2.43. The zero-order chi connectivity index (χ0) is 24.7. The highest BCUT2D eigenvalue weighted by atomic mass is 79.9. The van der Waals surface area contributed by atoms with E-state index in [9.17, 15) is 22.4 Å². The van der Waals surface area contributed by atoms with Gasteiger partial charge in [0.25, 0.3) is 5.91 Å². The normalized spacial score (nSPS) is 15.5. The largest absolute Gasteiger partial charge is 0.352 e. The molecule has 0 unspecified atom stereocenters. The molecule has 4 rings (SSSR count). The lowest BCUT2D eigenvalue weighted by Gasteiger charge is -2.16. The van der Waals surface area contributed by atoms with Crippen molar-refractivity contribution in [3.05, 3.63) is 52.9 Å². The van der Waals surface area contributed by atoms with E-state index in [1.807, 2.05) is 0 Å². The number of aromatic nitrogens is 2. The second-order valence-corrected chi connectivity index (χ2v) is 12.0. The molecule has 1 aliphatic rings. The van der Waals surface area contributed by atoms with Crippen molar-refractivity contribution in [2.45, 2.75) is 28.5 Å². The van der Waals surface area contributed by atoms with E-state index < -0.39 is 27.2 Å². The molecule has 13 heteroatoms. The van der Waals surface area contributed by atoms with Crippen molar-refractivity contribution in [1.29, 1.82) is 0 Å². The van der Waals surface area contributed by atoms with Gasteiger partial charge in [0.15, 0.2) is 0 Å². The molecule has 3 heterocycles. The lowest BCUT2D eigenvalue weighted by molar-refractivity contribution is -0.130. The van der Waals surface area contributed by atoms with E-state index in [1.54, 1.807) is 19.9 Å². The number of hydrogen-bond acceptors (Lipinski definition) is 8. The molecular formula is C21H19BrFN5O4S2. The minimum Gasteiger partial charge on any atom is -0.352 e. The van der Waals surface area contributed by atoms with Gasteiger partial charge in [0.1, 0.15) is 21.3 Å². The summed E-state index contributed by atoms with van der Waals surface area (Å²) in [6.07, 6.45) is 1.52. The number of amides is 3. The smallest absolute Gasteiger partial charge is 0.325 e. The Hall–Kier alpha value is -2.90. The fourth-order valence-corrected chi connectivity index (χ4v) is 6.55. The molecule has 0 atom stereocenters. The molecule has 1 fully saturated rings. The van der Waals surface area contributed by atoms with Crippen molar-refractivity contribution in [1.82, 2.24) is 20.2 Å². The Morgan fingerprint density at radius 2 is 2.00 bits per heavy atom. The Morgan fingerprint density at radius 1 is 1.24 bits per heavy atom. The third-order valence-corrected chi connectivity index (χ3v) is 8.91. The summed E-state index contributed by atoms with van der Waals surface area (Å²) in [7, 11) is -3.89. The number of benzene rings is 1. The summed E-state index contributed by atoms with van der Waals surface area (Å²) in [6, 6.07) is 7.44. The number of imide groups is 1. The van der Waals surface area contributed by atoms with Gasteiger partial charge in [0.2, 0.25) is 15.8 Å². The highest BCUT2D eigenvalue weighted by Crippen LogP contribution is 2.36. The first-order chi connectivity index (χ1) is 16.0. The van der Waals surface area contributed by atoms with Gasteiger partial charge in [-0.15, -0.1) is 11.3 Å². The minimum atomic E-state index is -3.89. The number of anilines is 1. The Kier molecular flexibility index (Phi) is 6.44. The van der Waals surface area contributed by atoms with E-state index in [1.165, 1.54) is 30.5 Å². The van der Waals surface area contributed by atoms with Crippen molar-refractivity contribution in [2.75, 3.05) is 18.4 Å². The number of rotatable bonds is 7. The van der Waals surface area contributed by atoms with Gasteiger partial charge in [-0.25, -0.2) is 27.6 Å². The highest BCUT2D eigenvalue weighted by molar-refractivity contribution is 9.10. The Bertz CT molecular complexity index is 1390. The molecule has 0 spiro atoms. The molecule has 178 valence electrons. The molecule has 1 aliphatic heterocycles. The fraction of sp³-hybridized carbons (Fsp3) is 0.238. The van der Waals surface area contributed by atoms with Gasteiger partial charge in [-0.2, -0.15) is 0 Å². The molecule has 3 amide bonds. The van der Waals surface area contributed by atoms with Gasteiger partial charge in [-0.05, 0) is 60.1 Å². The summed E-state index contributed by atoms with van der Waals surface area (Å²) in [5.41, 5.74) is -0.486. The molecule has 9 nitrogen and oxygen atoms in total. The number of thiophene rings is 1. The van der Waals surface area contributed by atoms with Crippen LogP contribution in [0.4, 0.5) is 15.1 Å². The number of halogens is 2. The lowest BCUT2D eigenvalue weighted by atomic mass is 10.1. The van der Waals surface area contributed by atoms with E-state index in [-0.39, 0.29) is 34.0 Å². The molecule has 3 aromatic rings. The first-order valence-corrected chi connectivity index (χ1v) is 13.1. The lowest BCUT2D eigenvalue weighted by Crippen LogP contribution is -2.40. The third-order valence-electron chi connectivity index (χ3n) is 4.99. The predicted molar refractivity (Wildman–Crippen MR) is 128 cm³/mol. The molecule has 0 aliphatic carbocycles. The van der Waals surface area contributed by atoms with Gasteiger partial charge >= 0.3 is 6.03 Å². The zero-order valence-electron chi connectivity index (χ0n) is 18.0. The van der Waals surface area contributed by atoms with Crippen LogP contribution in [0.15, 0.2) is 56.2 Å². The Labute approximate surface area is 207 Å². The van der Waals surface area contributed by atoms with E-state index in [2.05, 4.69) is 36.5 Å². The van der Waals surface area contributed by atoms with Crippen LogP contribution >= 0.6 is 27.3 Å². The van der Waals surface area contributed by atoms with Crippen molar-refractivity contribution in [2.24, 2.45) is 0 Å². The fourth-order valence-electron chi connectivity index (χ4n) is 3.27. The molecule has 2 N–H and O–H groups in total. The van der Waals surface area contributed by atoms with Gasteiger partial charge < -0.3 is 10.6 Å². The summed E-state index contributed by atoms with van der Waals surface area (Å²) in [6.45, 7) is 3.61. The molecule has 1 aromatic carbocycles. The summed E-state index contributed by atoms with van der Waals surface area (Å²) < 4.78 is 39.9. The average molecular weight is 568 g/mol. The third kappa shape index (κ3) is 4.68. The Balaban J connectivity index is 1.51. The number of sulfone groups is 1. The second kappa shape index (κ2) is 9.04. The number of nitrogens with zero attached hydrogens (tertiary/aromatic N) is 3. The van der Waals surface area contributed by atoms with Crippen LogP contribution in [-0.2, 0) is 14.6 Å². The maximum absolute atomic E-state index is 13.5. The maximum Gasteiger partial charge on any atom is 0.325 e. The predicted octanol–water partition coefficient (Wildman–Crippen LogP) is 3.68. The number of carbonyl (C=O) groups excluding carboxylic acids is 2. The quantitative estimate of drug-likeness (QED) is 0.417. The molecule has 34 heavy (non-hydrogen) atoms. The number of urea groups is 1. The Morgan fingerprint density at radius 3 is 2.68 bits per heavy atom. The van der Waals surface area contributed by atoms with E-state index in [4.69, 9.17) is 0 Å². The number of carbonyl (C=O) groups is 2.